The summed E-state index contributed by atoms with van der Waals surface area (Å²) >= 11 is 0. The Bertz CT molecular complexity index is 1380. The summed E-state index contributed by atoms with van der Waals surface area (Å²) in [5.41, 5.74) is 5.67. The number of phenols is 2. The Balaban J connectivity index is 1.91. The molecule has 2 N–H and O–H groups in total. The molecule has 2 aromatic rings. The second kappa shape index (κ2) is 19.3. The van der Waals surface area contributed by atoms with Crippen LogP contribution in [0.2, 0.25) is 0 Å². The van der Waals surface area contributed by atoms with Crippen molar-refractivity contribution >= 4 is 27.7 Å². The van der Waals surface area contributed by atoms with Crippen LogP contribution in [0.3, 0.4) is 0 Å². The van der Waals surface area contributed by atoms with Gasteiger partial charge in [0.1, 0.15) is 5.75 Å². The number of unbranched alkanes of at least 4 members (excludes halogenated alkanes) is 2. The van der Waals surface area contributed by atoms with Crippen LogP contribution in [0.25, 0.3) is 0 Å². The molecule has 48 heavy (non-hydrogen) atoms. The molecule has 2 aromatic carbocycles. The normalized spacial score (nSPS) is 17.3. The second-order valence-electron chi connectivity index (χ2n) is 14.8. The molecule has 1 saturated carbocycles. The summed E-state index contributed by atoms with van der Waals surface area (Å²) in [6.45, 7) is 14.3. The van der Waals surface area contributed by atoms with Crippen molar-refractivity contribution in [2.45, 2.75) is 154 Å². The average Bonchev–Trinajstić information content (AvgIpc) is 3.08. The first kappa shape index (κ1) is 39.5. The summed E-state index contributed by atoms with van der Waals surface area (Å²) < 4.78 is 0. The van der Waals surface area contributed by atoms with Crippen LogP contribution < -0.4 is 0 Å². The molecule has 1 aliphatic carbocycles. The molecule has 0 unspecified atom stereocenters. The van der Waals surface area contributed by atoms with Crippen LogP contribution in [-0.4, -0.2) is 63.1 Å². The van der Waals surface area contributed by atoms with E-state index < -0.39 is 0 Å². The summed E-state index contributed by atoms with van der Waals surface area (Å²) in [6, 6.07) is 8.56. The maximum atomic E-state index is 11.1. The first-order chi connectivity index (χ1) is 23.0. The number of aliphatic imine (C=N–C) groups is 2. The fourth-order valence-electron chi connectivity index (χ4n) is 7.38. The summed E-state index contributed by atoms with van der Waals surface area (Å²) in [4.78, 5) is 17.8. The molecular weight excluding hydrogens is 590 g/mol. The molecule has 0 spiro atoms. The van der Waals surface area contributed by atoms with Crippen molar-refractivity contribution < 1.29 is 10.2 Å². The van der Waals surface area contributed by atoms with Gasteiger partial charge in [-0.25, -0.2) is 0 Å². The van der Waals surface area contributed by atoms with Crippen molar-refractivity contribution in [2.24, 2.45) is 19.8 Å². The van der Waals surface area contributed by atoms with E-state index in [1.807, 2.05) is 26.3 Å². The summed E-state index contributed by atoms with van der Waals surface area (Å²) in [5.74, 6) is 0.577. The predicted molar refractivity (Wildman–Crippen MR) is 205 cm³/mol. The number of hydrogen-bond donors (Lipinski definition) is 2. The van der Waals surface area contributed by atoms with Gasteiger partial charge in [-0.15, -0.1) is 0 Å². The zero-order valence-corrected chi connectivity index (χ0v) is 30.8. The van der Waals surface area contributed by atoms with Crippen molar-refractivity contribution in [1.29, 1.82) is 0 Å². The minimum absolute atomic E-state index is 0.00729. The molecule has 0 aromatic heterocycles. The Morgan fingerprint density at radius 3 is 1.40 bits per heavy atom. The Labute approximate surface area is 293 Å². The number of nitrogens with zero attached hydrogens (tertiary/aromatic N) is 4. The summed E-state index contributed by atoms with van der Waals surface area (Å²) in [7, 11) is 10.9. The fourth-order valence-corrected chi connectivity index (χ4v) is 7.38. The van der Waals surface area contributed by atoms with Gasteiger partial charge in [-0.1, -0.05) is 65.4 Å². The van der Waals surface area contributed by atoms with E-state index >= 15 is 0 Å². The van der Waals surface area contributed by atoms with Crippen LogP contribution in [-0.2, 0) is 10.8 Å². The van der Waals surface area contributed by atoms with Crippen LogP contribution in [0.4, 0.5) is 0 Å². The zero-order chi connectivity index (χ0) is 35.2. The first-order valence-electron chi connectivity index (χ1n) is 18.5. The Morgan fingerprint density at radius 1 is 0.667 bits per heavy atom. The van der Waals surface area contributed by atoms with E-state index in [0.29, 0.717) is 18.8 Å². The quantitative estimate of drug-likeness (QED) is 0.0849. The van der Waals surface area contributed by atoms with E-state index in [2.05, 4.69) is 61.8 Å². The van der Waals surface area contributed by atoms with Gasteiger partial charge in [0.15, 0.2) is 0 Å². The molecule has 258 valence electrons. The van der Waals surface area contributed by atoms with E-state index in [1.165, 1.54) is 36.8 Å². The molecule has 8 heteroatoms. The van der Waals surface area contributed by atoms with Gasteiger partial charge in [0, 0.05) is 11.8 Å². The number of aryl methyl sites for hydroxylation is 2. The first-order valence-corrected chi connectivity index (χ1v) is 18.5. The van der Waals surface area contributed by atoms with Crippen molar-refractivity contribution in [3.8, 4) is 11.5 Å². The Kier molecular flexibility index (Phi) is 15.9. The number of rotatable bonds is 20. The van der Waals surface area contributed by atoms with Crippen LogP contribution >= 0.6 is 0 Å². The zero-order valence-electron chi connectivity index (χ0n) is 30.8. The third-order valence-corrected chi connectivity index (χ3v) is 10.8. The molecule has 6 nitrogen and oxygen atoms in total. The third-order valence-electron chi connectivity index (χ3n) is 10.8. The van der Waals surface area contributed by atoms with Crippen molar-refractivity contribution in [2.75, 3.05) is 13.1 Å². The van der Waals surface area contributed by atoms with E-state index in [1.54, 1.807) is 0 Å². The number of aromatic hydroxyl groups is 2. The topological polar surface area (TPSA) is 89.9 Å². The van der Waals surface area contributed by atoms with Gasteiger partial charge in [0.25, 0.3) is 0 Å². The molecule has 2 radical (unpaired) electrons. The van der Waals surface area contributed by atoms with E-state index in [0.717, 1.165) is 86.5 Å². The molecule has 0 aliphatic heterocycles. The van der Waals surface area contributed by atoms with Gasteiger partial charge in [-0.3, -0.25) is 4.99 Å². The number of benzene rings is 2. The minimum atomic E-state index is -0.133. The molecule has 3 rings (SSSR count). The van der Waals surface area contributed by atoms with Gasteiger partial charge in [-0.05, 0) is 48.8 Å². The van der Waals surface area contributed by atoms with Crippen LogP contribution in [0, 0.1) is 13.8 Å². The second-order valence-corrected chi connectivity index (χ2v) is 14.8. The van der Waals surface area contributed by atoms with Crippen molar-refractivity contribution in [3.63, 3.8) is 0 Å². The molecule has 2 atom stereocenters. The Hall–Kier alpha value is -2.89. The molecular formula is C40H60B2N4O2. The van der Waals surface area contributed by atoms with E-state index in [-0.39, 0.29) is 28.7 Å². The molecule has 1 fully saturated rings. The average molecular weight is 651 g/mol. The molecule has 1 aliphatic rings. The SMILES string of the molecule is [B]=NCCCC(C)(CCCN=[B])c1cc(C)c(O)c(C=N[C@@H]2CCCC[C@H]2N=Cc2cc(C(C)(CCCC)CCCC)cc(C)c2O)c1. The fraction of sp³-hybridized carbons (Fsp3) is 0.650. The van der Waals surface area contributed by atoms with Gasteiger partial charge < -0.3 is 5.11 Å². The van der Waals surface area contributed by atoms with Crippen LogP contribution in [0.15, 0.2) is 44.0 Å². The predicted octanol–water partition coefficient (Wildman–Crippen LogP) is 9.72. The van der Waals surface area contributed by atoms with Crippen molar-refractivity contribution in [1.82, 2.24) is 0 Å². The molecule has 0 bridgehead atoms. The monoisotopic (exact) mass is 650 g/mol. The van der Waals surface area contributed by atoms with Gasteiger partial charge in [-0.2, -0.15) is 0 Å². The third kappa shape index (κ3) is 10.8. The van der Waals surface area contributed by atoms with Gasteiger partial charge >= 0.3 is 152 Å². The molecule has 0 heterocycles. The summed E-state index contributed by atoms with van der Waals surface area (Å²) in [5, 5.41) is 22.2. The van der Waals surface area contributed by atoms with Gasteiger partial charge in [0.05, 0.1) is 0 Å². The Morgan fingerprint density at radius 2 is 1.04 bits per heavy atom. The number of hydrogen-bond acceptors (Lipinski definition) is 6. The van der Waals surface area contributed by atoms with Crippen LogP contribution in [0.5, 0.6) is 11.5 Å². The standard InChI is InChI=1S/C40H60B2N4O2/c1-7-9-17-39(5,18-10-8-2)33-23-29(3)37(47)31(25-33)27-43-35-15-11-12-16-36(35)44-28-32-26-34(24-30(4)38(32)48)40(6,19-13-21-45-41)20-14-22-46-42/h23-28,35-36,47-48H,7-22H2,1-6H3/t35-,36-/m1/s1. The van der Waals surface area contributed by atoms with E-state index in [4.69, 9.17) is 25.3 Å². The number of phenolic OH excluding ortho intramolecular Hbond substituents is 2. The van der Waals surface area contributed by atoms with Crippen LogP contribution in [0.1, 0.15) is 151 Å². The van der Waals surface area contributed by atoms with Crippen molar-refractivity contribution in [3.05, 3.63) is 57.6 Å². The maximum absolute atomic E-state index is 11.1. The van der Waals surface area contributed by atoms with Gasteiger partial charge in [0.2, 0.25) is 0 Å². The molecule has 0 amide bonds. The van der Waals surface area contributed by atoms with E-state index in [9.17, 15) is 10.2 Å². The molecule has 0 saturated heterocycles. The summed E-state index contributed by atoms with van der Waals surface area (Å²) in [6.07, 6.45) is 18.5.